The van der Waals surface area contributed by atoms with Crippen LogP contribution in [0.1, 0.15) is 38.5 Å². The van der Waals surface area contributed by atoms with Crippen LogP contribution < -0.4 is 0 Å². The number of carbonyl (C=O) groups is 1. The maximum absolute atomic E-state index is 11.1. The van der Waals surface area contributed by atoms with Crippen molar-refractivity contribution in [1.82, 2.24) is 0 Å². The van der Waals surface area contributed by atoms with Crippen molar-refractivity contribution in [1.29, 1.82) is 0 Å². The fourth-order valence-electron chi connectivity index (χ4n) is 1.26. The van der Waals surface area contributed by atoms with Crippen molar-refractivity contribution < 1.29 is 9.00 Å². The third-order valence-corrected chi connectivity index (χ3v) is 3.34. The van der Waals surface area contributed by atoms with E-state index in [0.29, 0.717) is 12.2 Å². The lowest BCUT2D eigenvalue weighted by molar-refractivity contribution is -0.111. The van der Waals surface area contributed by atoms with Gasteiger partial charge in [-0.05, 0) is 12.8 Å². The van der Waals surface area contributed by atoms with Crippen molar-refractivity contribution >= 4 is 15.9 Å². The van der Waals surface area contributed by atoms with Gasteiger partial charge in [-0.15, -0.1) is 0 Å². The minimum Gasteiger partial charge on any atom is -0.285 e. The second-order valence-electron chi connectivity index (χ2n) is 2.94. The molecular weight excluding hydrogens is 160 g/mol. The van der Waals surface area contributed by atoms with Gasteiger partial charge in [0.25, 0.3) is 0 Å². The van der Waals surface area contributed by atoms with Gasteiger partial charge in [-0.1, -0.05) is 19.3 Å². The monoisotopic (exact) mass is 174 g/mol. The summed E-state index contributed by atoms with van der Waals surface area (Å²) >= 11 is 0. The Kier molecular flexibility index (Phi) is 3.77. The van der Waals surface area contributed by atoms with Gasteiger partial charge in [-0.2, -0.15) is 0 Å². The summed E-state index contributed by atoms with van der Waals surface area (Å²) < 4.78 is 11.1. The first-order valence-corrected chi connectivity index (χ1v) is 5.54. The first-order chi connectivity index (χ1) is 5.30. The molecule has 0 radical (unpaired) electrons. The van der Waals surface area contributed by atoms with Gasteiger partial charge in [0.1, 0.15) is 0 Å². The predicted molar refractivity (Wildman–Crippen MR) is 45.7 cm³/mol. The molecule has 11 heavy (non-hydrogen) atoms. The summed E-state index contributed by atoms with van der Waals surface area (Å²) in [5.41, 5.74) is 0. The summed E-state index contributed by atoms with van der Waals surface area (Å²) in [5, 5.41) is -0.0353. The zero-order chi connectivity index (χ0) is 8.10. The molecule has 1 rings (SSSR count). The first-order valence-electron chi connectivity index (χ1n) is 4.22. The molecule has 0 saturated carbocycles. The Morgan fingerprint density at radius 2 is 1.64 bits per heavy atom. The molecule has 0 spiro atoms. The summed E-state index contributed by atoms with van der Waals surface area (Å²) in [7, 11) is -1.16. The van der Waals surface area contributed by atoms with Crippen LogP contribution in [0.25, 0.3) is 0 Å². The van der Waals surface area contributed by atoms with Crippen molar-refractivity contribution in [3.05, 3.63) is 0 Å². The van der Waals surface area contributed by atoms with Crippen molar-refractivity contribution in [3.8, 4) is 0 Å². The van der Waals surface area contributed by atoms with Gasteiger partial charge in [0.2, 0.25) is 5.12 Å². The zero-order valence-electron chi connectivity index (χ0n) is 6.67. The van der Waals surface area contributed by atoms with Crippen LogP contribution in [0.2, 0.25) is 0 Å². The van der Waals surface area contributed by atoms with Gasteiger partial charge >= 0.3 is 0 Å². The number of hydrogen-bond acceptors (Lipinski definition) is 2. The highest BCUT2D eigenvalue weighted by Crippen LogP contribution is 2.11. The van der Waals surface area contributed by atoms with E-state index in [1.807, 2.05) is 0 Å². The van der Waals surface area contributed by atoms with E-state index in [4.69, 9.17) is 0 Å². The Bertz CT molecular complexity index is 147. The number of hydrogen-bond donors (Lipinski definition) is 0. The smallest absolute Gasteiger partial charge is 0.218 e. The Balaban J connectivity index is 2.42. The molecule has 64 valence electrons. The lowest BCUT2D eigenvalue weighted by Gasteiger charge is -1.95. The summed E-state index contributed by atoms with van der Waals surface area (Å²) in [4.78, 5) is 11.0. The summed E-state index contributed by atoms with van der Waals surface area (Å²) in [5.74, 6) is 0.596. The van der Waals surface area contributed by atoms with Gasteiger partial charge in [-0.25, -0.2) is 0 Å². The van der Waals surface area contributed by atoms with Crippen LogP contribution in [-0.4, -0.2) is 15.1 Å². The minimum absolute atomic E-state index is 0.0353. The fourth-order valence-corrected chi connectivity index (χ4v) is 2.33. The Morgan fingerprint density at radius 1 is 1.00 bits per heavy atom. The third-order valence-electron chi connectivity index (χ3n) is 1.96. The topological polar surface area (TPSA) is 34.1 Å². The molecule has 0 N–H and O–H groups in total. The van der Waals surface area contributed by atoms with Gasteiger partial charge in [-0.3, -0.25) is 9.00 Å². The van der Waals surface area contributed by atoms with E-state index < -0.39 is 10.8 Å². The second-order valence-corrected chi connectivity index (χ2v) is 4.49. The highest BCUT2D eigenvalue weighted by molar-refractivity contribution is 8.00. The molecule has 0 bridgehead atoms. The Morgan fingerprint density at radius 3 is 2.45 bits per heavy atom. The standard InChI is InChI=1S/C8H14O2S/c9-8-6-4-2-1-3-5-7-11(8)10/h1-7H2. The van der Waals surface area contributed by atoms with Gasteiger partial charge < -0.3 is 0 Å². The summed E-state index contributed by atoms with van der Waals surface area (Å²) in [6, 6.07) is 0. The van der Waals surface area contributed by atoms with Crippen molar-refractivity contribution in [2.24, 2.45) is 0 Å². The van der Waals surface area contributed by atoms with Crippen LogP contribution in [0.4, 0.5) is 0 Å². The van der Waals surface area contributed by atoms with Gasteiger partial charge in [0, 0.05) is 12.2 Å². The van der Waals surface area contributed by atoms with Crippen LogP contribution in [-0.2, 0) is 15.6 Å². The molecule has 1 aliphatic rings. The SMILES string of the molecule is O=C1CCCCCCCS1=O. The number of rotatable bonds is 0. The lowest BCUT2D eigenvalue weighted by atomic mass is 10.1. The van der Waals surface area contributed by atoms with Crippen molar-refractivity contribution in [2.75, 3.05) is 5.75 Å². The van der Waals surface area contributed by atoms with E-state index >= 15 is 0 Å². The molecule has 0 aromatic rings. The Labute approximate surface area is 69.8 Å². The highest BCUT2D eigenvalue weighted by atomic mass is 32.2. The molecule has 1 atom stereocenters. The Hall–Kier alpha value is -0.180. The summed E-state index contributed by atoms with van der Waals surface area (Å²) in [6.45, 7) is 0. The molecule has 1 fully saturated rings. The van der Waals surface area contributed by atoms with E-state index in [1.165, 1.54) is 6.42 Å². The minimum atomic E-state index is -1.16. The second kappa shape index (κ2) is 4.65. The fraction of sp³-hybridized carbons (Fsp3) is 0.875. The molecule has 0 amide bonds. The molecule has 0 aromatic heterocycles. The van der Waals surface area contributed by atoms with E-state index in [-0.39, 0.29) is 5.12 Å². The molecule has 1 unspecified atom stereocenters. The summed E-state index contributed by atoms with van der Waals surface area (Å²) in [6.07, 6.45) is 5.89. The molecule has 1 aliphatic heterocycles. The molecule has 3 heteroatoms. The van der Waals surface area contributed by atoms with E-state index in [2.05, 4.69) is 0 Å². The third kappa shape index (κ3) is 3.14. The normalized spacial score (nSPS) is 28.7. The molecule has 1 heterocycles. The maximum atomic E-state index is 11.1. The van der Waals surface area contributed by atoms with Crippen molar-refractivity contribution in [3.63, 3.8) is 0 Å². The zero-order valence-corrected chi connectivity index (χ0v) is 7.49. The van der Waals surface area contributed by atoms with Crippen LogP contribution in [0.5, 0.6) is 0 Å². The molecule has 0 aromatic carbocycles. The predicted octanol–water partition coefficient (Wildman–Crippen LogP) is 1.62. The average molecular weight is 174 g/mol. The van der Waals surface area contributed by atoms with Crippen LogP contribution in [0, 0.1) is 0 Å². The van der Waals surface area contributed by atoms with Crippen LogP contribution in [0.3, 0.4) is 0 Å². The van der Waals surface area contributed by atoms with Crippen LogP contribution in [0.15, 0.2) is 0 Å². The van der Waals surface area contributed by atoms with Crippen molar-refractivity contribution in [2.45, 2.75) is 38.5 Å². The van der Waals surface area contributed by atoms with Gasteiger partial charge in [0.15, 0.2) is 0 Å². The van der Waals surface area contributed by atoms with Gasteiger partial charge in [0.05, 0.1) is 10.8 Å². The largest absolute Gasteiger partial charge is 0.285 e. The quantitative estimate of drug-likeness (QED) is 0.559. The maximum Gasteiger partial charge on any atom is 0.218 e. The molecule has 1 saturated heterocycles. The first kappa shape index (κ1) is 8.91. The highest BCUT2D eigenvalue weighted by Gasteiger charge is 2.12. The molecule has 2 nitrogen and oxygen atoms in total. The number of carbonyl (C=O) groups excluding carboxylic acids is 1. The molecule has 0 aliphatic carbocycles. The lowest BCUT2D eigenvalue weighted by Crippen LogP contribution is -2.09. The van der Waals surface area contributed by atoms with Crippen LogP contribution >= 0.6 is 0 Å². The van der Waals surface area contributed by atoms with E-state index in [9.17, 15) is 9.00 Å². The molecular formula is C8H14O2S. The average Bonchev–Trinajstić information content (AvgIpc) is 2.07. The van der Waals surface area contributed by atoms with E-state index in [1.54, 1.807) is 0 Å². The van der Waals surface area contributed by atoms with E-state index in [0.717, 1.165) is 25.7 Å².